The van der Waals surface area contributed by atoms with Gasteiger partial charge in [-0.1, -0.05) is 12.1 Å². The minimum Gasteiger partial charge on any atom is -0.342 e. The number of fused-ring (bicyclic) bond motifs is 1. The monoisotopic (exact) mass is 316 g/mol. The molecule has 0 unspecified atom stereocenters. The van der Waals surface area contributed by atoms with Crippen LogP contribution in [-0.2, 0) is 17.6 Å². The van der Waals surface area contributed by atoms with Crippen LogP contribution in [-0.4, -0.2) is 21.0 Å². The van der Waals surface area contributed by atoms with Crippen LogP contribution in [0.4, 0.5) is 10.3 Å². The summed E-state index contributed by atoms with van der Waals surface area (Å²) < 4.78 is 18.3. The van der Waals surface area contributed by atoms with Crippen molar-refractivity contribution in [1.29, 1.82) is 0 Å². The Balaban J connectivity index is 1.62. The number of hydrogen-bond acceptors (Lipinski definition) is 4. The van der Waals surface area contributed by atoms with Gasteiger partial charge in [0.05, 0.1) is 16.7 Å². The minimum absolute atomic E-state index is 0.182. The molecule has 0 atom stereocenters. The lowest BCUT2D eigenvalue weighted by Gasteiger charge is -2.01. The lowest BCUT2D eigenvalue weighted by atomic mass is 10.2. The number of imidazole rings is 1. The summed E-state index contributed by atoms with van der Waals surface area (Å²) in [4.78, 5) is 19.3. The van der Waals surface area contributed by atoms with E-state index in [1.807, 2.05) is 13.8 Å². The molecule has 7 heteroatoms. The lowest BCUT2D eigenvalue weighted by Crippen LogP contribution is -2.13. The molecule has 120 valence electrons. The second kappa shape index (κ2) is 6.20. The van der Waals surface area contributed by atoms with Crippen molar-refractivity contribution in [2.45, 2.75) is 33.1 Å². The molecule has 3 rings (SSSR count). The van der Waals surface area contributed by atoms with Gasteiger partial charge in [-0.15, -0.1) is 0 Å². The number of rotatable bonds is 5. The van der Waals surface area contributed by atoms with Gasteiger partial charge in [0.2, 0.25) is 11.8 Å². The van der Waals surface area contributed by atoms with Crippen molar-refractivity contribution in [1.82, 2.24) is 15.1 Å². The fourth-order valence-electron chi connectivity index (χ4n) is 2.39. The number of aromatic nitrogens is 3. The first-order chi connectivity index (χ1) is 11.1. The van der Waals surface area contributed by atoms with Gasteiger partial charge in [-0.2, -0.15) is 0 Å². The van der Waals surface area contributed by atoms with Crippen molar-refractivity contribution in [2.75, 3.05) is 5.32 Å². The third-order valence-electron chi connectivity index (χ3n) is 3.69. The van der Waals surface area contributed by atoms with E-state index >= 15 is 0 Å². The van der Waals surface area contributed by atoms with Gasteiger partial charge in [-0.05, 0) is 31.5 Å². The molecule has 0 saturated carbocycles. The average Bonchev–Trinajstić information content (AvgIpc) is 3.08. The molecule has 0 aliphatic rings. The van der Waals surface area contributed by atoms with Crippen LogP contribution in [0, 0.1) is 12.7 Å². The number of halogens is 1. The highest BCUT2D eigenvalue weighted by Gasteiger charge is 2.14. The van der Waals surface area contributed by atoms with Crippen molar-refractivity contribution in [3.8, 4) is 0 Å². The maximum atomic E-state index is 13.1. The fraction of sp³-hybridized carbons (Fsp3) is 0.312. The number of nitrogens with one attached hydrogen (secondary N) is 2. The Hall–Kier alpha value is -2.70. The summed E-state index contributed by atoms with van der Waals surface area (Å²) in [6.07, 6.45) is 1.42. The Labute approximate surface area is 132 Å². The number of benzene rings is 1. The predicted octanol–water partition coefficient (Wildman–Crippen LogP) is 3.13. The van der Waals surface area contributed by atoms with Gasteiger partial charge in [-0.3, -0.25) is 10.1 Å². The lowest BCUT2D eigenvalue weighted by molar-refractivity contribution is -0.116. The smallest absolute Gasteiger partial charge is 0.234 e. The SMILES string of the molecule is CCc1noc(NC(=O)CCc2nc3ccc(F)cc3[nH]2)c1C. The van der Waals surface area contributed by atoms with Crippen molar-refractivity contribution < 1.29 is 13.7 Å². The standard InChI is InChI=1S/C16H17FN4O2/c1-3-11-9(2)16(23-21-11)20-15(22)7-6-14-18-12-5-4-10(17)8-13(12)19-14/h4-5,8H,3,6-7H2,1-2H3,(H,18,19)(H,20,22). The zero-order valence-electron chi connectivity index (χ0n) is 12.9. The molecule has 2 aromatic heterocycles. The molecule has 0 fully saturated rings. The normalized spacial score (nSPS) is 11.1. The Kier molecular flexibility index (Phi) is 4.10. The number of H-pyrrole nitrogens is 1. The van der Waals surface area contributed by atoms with Crippen LogP contribution in [0.1, 0.15) is 30.4 Å². The second-order valence-electron chi connectivity index (χ2n) is 5.33. The second-order valence-corrected chi connectivity index (χ2v) is 5.33. The van der Waals surface area contributed by atoms with Gasteiger partial charge in [0.15, 0.2) is 0 Å². The van der Waals surface area contributed by atoms with E-state index in [9.17, 15) is 9.18 Å². The molecule has 1 amide bonds. The number of aryl methyl sites for hydroxylation is 2. The van der Waals surface area contributed by atoms with Crippen LogP contribution in [0.2, 0.25) is 0 Å². The number of carbonyl (C=O) groups excluding carboxylic acids is 1. The zero-order valence-corrected chi connectivity index (χ0v) is 12.9. The van der Waals surface area contributed by atoms with Crippen LogP contribution in [0.5, 0.6) is 0 Å². The molecule has 0 saturated heterocycles. The highest BCUT2D eigenvalue weighted by molar-refractivity contribution is 5.90. The molecule has 0 spiro atoms. The molecule has 3 aromatic rings. The third kappa shape index (κ3) is 3.23. The first-order valence-corrected chi connectivity index (χ1v) is 7.46. The number of nitrogens with zero attached hydrogens (tertiary/aromatic N) is 2. The first-order valence-electron chi connectivity index (χ1n) is 7.46. The molecule has 1 aromatic carbocycles. The van der Waals surface area contributed by atoms with Crippen LogP contribution >= 0.6 is 0 Å². The van der Waals surface area contributed by atoms with Crippen LogP contribution in [0.3, 0.4) is 0 Å². The van der Waals surface area contributed by atoms with Gasteiger partial charge >= 0.3 is 0 Å². The van der Waals surface area contributed by atoms with Gasteiger partial charge < -0.3 is 9.51 Å². The molecule has 23 heavy (non-hydrogen) atoms. The first kappa shape index (κ1) is 15.2. The van der Waals surface area contributed by atoms with Crippen LogP contribution < -0.4 is 5.32 Å². The van der Waals surface area contributed by atoms with Gasteiger partial charge in [0.1, 0.15) is 11.6 Å². The van der Waals surface area contributed by atoms with Gasteiger partial charge in [-0.25, -0.2) is 9.37 Å². The maximum absolute atomic E-state index is 13.1. The van der Waals surface area contributed by atoms with E-state index < -0.39 is 0 Å². The molecule has 2 N–H and O–H groups in total. The van der Waals surface area contributed by atoms with E-state index in [2.05, 4.69) is 20.4 Å². The third-order valence-corrected chi connectivity index (χ3v) is 3.69. The quantitative estimate of drug-likeness (QED) is 0.757. The average molecular weight is 316 g/mol. The molecule has 2 heterocycles. The number of hydrogen-bond donors (Lipinski definition) is 2. The van der Waals surface area contributed by atoms with Gasteiger partial charge in [0, 0.05) is 18.4 Å². The van der Waals surface area contributed by atoms with E-state index in [4.69, 9.17) is 4.52 Å². The van der Waals surface area contributed by atoms with Crippen molar-refractivity contribution in [3.05, 3.63) is 41.1 Å². The molecule has 6 nitrogen and oxygen atoms in total. The molecule has 0 aliphatic carbocycles. The molecule has 0 radical (unpaired) electrons. The Morgan fingerprint density at radius 3 is 3.00 bits per heavy atom. The number of amides is 1. The van der Waals surface area contributed by atoms with E-state index in [1.54, 1.807) is 6.07 Å². The summed E-state index contributed by atoms with van der Waals surface area (Å²) in [5, 5.41) is 6.61. The van der Waals surface area contributed by atoms with E-state index in [0.717, 1.165) is 17.7 Å². The largest absolute Gasteiger partial charge is 0.342 e. The summed E-state index contributed by atoms with van der Waals surface area (Å²) in [7, 11) is 0. The maximum Gasteiger partial charge on any atom is 0.234 e. The van der Waals surface area contributed by atoms with Crippen molar-refractivity contribution in [2.24, 2.45) is 0 Å². The van der Waals surface area contributed by atoms with E-state index in [0.29, 0.717) is 29.2 Å². The highest BCUT2D eigenvalue weighted by atomic mass is 19.1. The summed E-state index contributed by atoms with van der Waals surface area (Å²) in [6.45, 7) is 3.83. The van der Waals surface area contributed by atoms with E-state index in [-0.39, 0.29) is 18.1 Å². The zero-order chi connectivity index (χ0) is 16.4. The number of anilines is 1. The topological polar surface area (TPSA) is 83.8 Å². The van der Waals surface area contributed by atoms with Crippen LogP contribution in [0.25, 0.3) is 11.0 Å². The van der Waals surface area contributed by atoms with Gasteiger partial charge in [0.25, 0.3) is 0 Å². The summed E-state index contributed by atoms with van der Waals surface area (Å²) in [6, 6.07) is 4.35. The minimum atomic E-state index is -0.321. The molecular weight excluding hydrogens is 299 g/mol. The number of aromatic amines is 1. The fourth-order valence-corrected chi connectivity index (χ4v) is 2.39. The predicted molar refractivity (Wildman–Crippen MR) is 83.6 cm³/mol. The van der Waals surface area contributed by atoms with Crippen LogP contribution in [0.15, 0.2) is 22.7 Å². The summed E-state index contributed by atoms with van der Waals surface area (Å²) in [5.41, 5.74) is 2.99. The summed E-state index contributed by atoms with van der Waals surface area (Å²) in [5.74, 6) is 0.527. The Morgan fingerprint density at radius 2 is 2.26 bits per heavy atom. The number of carbonyl (C=O) groups is 1. The molecular formula is C16H17FN4O2. The Bertz CT molecular complexity index is 853. The van der Waals surface area contributed by atoms with E-state index in [1.165, 1.54) is 12.1 Å². The Morgan fingerprint density at radius 1 is 1.43 bits per heavy atom. The molecule has 0 aliphatic heterocycles. The summed E-state index contributed by atoms with van der Waals surface area (Å²) >= 11 is 0. The highest BCUT2D eigenvalue weighted by Crippen LogP contribution is 2.19. The van der Waals surface area contributed by atoms with Crippen molar-refractivity contribution in [3.63, 3.8) is 0 Å². The molecule has 0 bridgehead atoms. The van der Waals surface area contributed by atoms with Crippen molar-refractivity contribution >= 4 is 22.8 Å².